The van der Waals surface area contributed by atoms with Gasteiger partial charge in [-0.2, -0.15) is 0 Å². The van der Waals surface area contributed by atoms with E-state index < -0.39 is 10.0 Å². The van der Waals surface area contributed by atoms with E-state index in [1.54, 1.807) is 31.4 Å². The fourth-order valence-electron chi connectivity index (χ4n) is 5.62. The molecule has 1 saturated carbocycles. The maximum atomic E-state index is 13.1. The van der Waals surface area contributed by atoms with Gasteiger partial charge in [0.25, 0.3) is 0 Å². The van der Waals surface area contributed by atoms with E-state index in [1.165, 1.54) is 37.7 Å². The van der Waals surface area contributed by atoms with E-state index in [2.05, 4.69) is 27.1 Å². The van der Waals surface area contributed by atoms with Crippen molar-refractivity contribution in [3.8, 4) is 11.5 Å². The molecule has 41 heavy (non-hydrogen) atoms. The number of anilines is 1. The third-order valence-corrected chi connectivity index (χ3v) is 8.39. The molecule has 2 aliphatic rings. The van der Waals surface area contributed by atoms with Crippen LogP contribution in [0.1, 0.15) is 50.5 Å². The van der Waals surface area contributed by atoms with Gasteiger partial charge in [0.05, 0.1) is 12.9 Å². The zero-order valence-electron chi connectivity index (χ0n) is 24.2. The van der Waals surface area contributed by atoms with Crippen LogP contribution in [0, 0.1) is 5.92 Å². The monoisotopic (exact) mass is 608 g/mol. The normalized spacial score (nSPS) is 16.9. The van der Waals surface area contributed by atoms with Crippen LogP contribution in [-0.4, -0.2) is 76.4 Å². The van der Waals surface area contributed by atoms with Gasteiger partial charge < -0.3 is 19.7 Å². The lowest BCUT2D eigenvalue weighted by Gasteiger charge is -2.38. The molecule has 0 radical (unpaired) electrons. The third kappa shape index (κ3) is 11.0. The maximum Gasteiger partial charge on any atom is 0.317 e. The maximum absolute atomic E-state index is 13.1. The molecule has 2 aromatic rings. The van der Waals surface area contributed by atoms with Gasteiger partial charge in [0.15, 0.2) is 0 Å². The highest BCUT2D eigenvalue weighted by atomic mass is 35.5. The van der Waals surface area contributed by atoms with E-state index in [9.17, 15) is 13.2 Å². The first-order valence-electron chi connectivity index (χ1n) is 14.4. The second-order valence-electron chi connectivity index (χ2n) is 11.0. The molecule has 0 aromatic heterocycles. The highest BCUT2D eigenvalue weighted by Crippen LogP contribution is 2.26. The van der Waals surface area contributed by atoms with Crippen LogP contribution in [0.4, 0.5) is 10.5 Å². The van der Waals surface area contributed by atoms with Gasteiger partial charge in [-0.05, 0) is 73.6 Å². The van der Waals surface area contributed by atoms with Crippen LogP contribution in [0.15, 0.2) is 48.5 Å². The van der Waals surface area contributed by atoms with E-state index in [0.29, 0.717) is 30.5 Å². The first kappa shape index (κ1) is 33.0. The van der Waals surface area contributed by atoms with E-state index >= 15 is 0 Å². The molecule has 1 saturated heterocycles. The Morgan fingerprint density at radius 1 is 0.951 bits per heavy atom. The van der Waals surface area contributed by atoms with E-state index in [1.807, 2.05) is 17.0 Å². The Balaban J connectivity index is 0.00000462. The van der Waals surface area contributed by atoms with Crippen LogP contribution in [0.25, 0.3) is 0 Å². The lowest BCUT2D eigenvalue weighted by atomic mass is 9.89. The quantitative estimate of drug-likeness (QED) is 0.331. The highest BCUT2D eigenvalue weighted by molar-refractivity contribution is 7.92. The molecule has 0 atom stereocenters. The van der Waals surface area contributed by atoms with Crippen LogP contribution < -0.4 is 14.8 Å². The first-order valence-corrected chi connectivity index (χ1v) is 16.3. The number of rotatable bonds is 12. The number of carbonyl (C=O) groups excluding carboxylic acids is 1. The van der Waals surface area contributed by atoms with Crippen molar-refractivity contribution >= 4 is 34.1 Å². The summed E-state index contributed by atoms with van der Waals surface area (Å²) in [6.07, 6.45) is 9.36. The minimum Gasteiger partial charge on any atom is -0.457 e. The van der Waals surface area contributed by atoms with Crippen LogP contribution in [-0.2, 0) is 21.3 Å². The zero-order chi connectivity index (χ0) is 28.4. The number of likely N-dealkylation sites (tertiary alicyclic amines) is 1. The summed E-state index contributed by atoms with van der Waals surface area (Å²) in [5.74, 6) is 1.97. The van der Waals surface area contributed by atoms with Crippen molar-refractivity contribution in [2.75, 3.05) is 50.9 Å². The Hall–Kier alpha value is -2.53. The lowest BCUT2D eigenvalue weighted by Crippen LogP contribution is -2.52. The Kier molecular flexibility index (Phi) is 13.0. The number of nitrogens with zero attached hydrogens (tertiary/aromatic N) is 2. The summed E-state index contributed by atoms with van der Waals surface area (Å²) in [6.45, 7) is 4.69. The molecule has 2 fully saturated rings. The zero-order valence-corrected chi connectivity index (χ0v) is 25.9. The number of hydrogen-bond donors (Lipinski definition) is 2. The smallest absolute Gasteiger partial charge is 0.317 e. The predicted octanol–water partition coefficient (Wildman–Crippen LogP) is 5.47. The van der Waals surface area contributed by atoms with Crippen LogP contribution in [0.5, 0.6) is 11.5 Å². The molecule has 2 aromatic carbocycles. The molecule has 2 N–H and O–H groups in total. The van der Waals surface area contributed by atoms with Gasteiger partial charge in [-0.25, -0.2) is 13.2 Å². The van der Waals surface area contributed by atoms with Crippen LogP contribution >= 0.6 is 12.4 Å². The van der Waals surface area contributed by atoms with Crippen molar-refractivity contribution in [2.24, 2.45) is 5.92 Å². The molecule has 1 aliphatic carbocycles. The van der Waals surface area contributed by atoms with Gasteiger partial charge >= 0.3 is 6.03 Å². The van der Waals surface area contributed by atoms with Crippen molar-refractivity contribution in [1.82, 2.24) is 15.1 Å². The minimum atomic E-state index is -3.31. The minimum absolute atomic E-state index is 0. The van der Waals surface area contributed by atoms with Crippen LogP contribution in [0.2, 0.25) is 0 Å². The molecule has 1 heterocycles. The Bertz CT molecular complexity index is 1170. The fraction of sp³-hybridized carbons (Fsp3) is 0.567. The summed E-state index contributed by atoms with van der Waals surface area (Å²) in [4.78, 5) is 17.5. The van der Waals surface area contributed by atoms with Gasteiger partial charge in [0, 0.05) is 51.6 Å². The summed E-state index contributed by atoms with van der Waals surface area (Å²) in [5, 5.41) is 3.22. The van der Waals surface area contributed by atoms with Crippen molar-refractivity contribution in [2.45, 2.75) is 57.5 Å². The van der Waals surface area contributed by atoms with Crippen molar-refractivity contribution < 1.29 is 22.7 Å². The van der Waals surface area contributed by atoms with Gasteiger partial charge in [0.2, 0.25) is 10.0 Å². The number of nitrogens with one attached hydrogen (secondary N) is 2. The second-order valence-corrected chi connectivity index (χ2v) is 12.8. The number of sulfonamides is 1. The number of methoxy groups -OCH3 is 1. The van der Waals surface area contributed by atoms with Gasteiger partial charge in [-0.1, -0.05) is 31.4 Å². The number of piperidine rings is 1. The van der Waals surface area contributed by atoms with E-state index in [0.717, 1.165) is 51.0 Å². The average molecular weight is 609 g/mol. The Morgan fingerprint density at radius 2 is 1.56 bits per heavy atom. The van der Waals surface area contributed by atoms with Crippen molar-refractivity contribution in [1.29, 1.82) is 0 Å². The molecule has 228 valence electrons. The summed E-state index contributed by atoms with van der Waals surface area (Å²) in [5.41, 5.74) is 1.70. The van der Waals surface area contributed by atoms with Gasteiger partial charge in [-0.3, -0.25) is 9.62 Å². The second kappa shape index (κ2) is 16.2. The van der Waals surface area contributed by atoms with E-state index in [-0.39, 0.29) is 24.5 Å². The topological polar surface area (TPSA) is 100 Å². The molecular weight excluding hydrogens is 564 g/mol. The Morgan fingerprint density at radius 3 is 2.15 bits per heavy atom. The predicted molar refractivity (Wildman–Crippen MR) is 166 cm³/mol. The first-order chi connectivity index (χ1) is 19.3. The van der Waals surface area contributed by atoms with E-state index in [4.69, 9.17) is 9.47 Å². The fourth-order valence-corrected chi connectivity index (χ4v) is 6.18. The number of hydrogen-bond acceptors (Lipinski definition) is 6. The molecule has 0 bridgehead atoms. The van der Waals surface area contributed by atoms with Gasteiger partial charge in [-0.15, -0.1) is 12.4 Å². The molecule has 11 heteroatoms. The molecular formula is C30H45ClN4O5S. The Labute approximate surface area is 251 Å². The number of carbonyl (C=O) groups is 1. The lowest BCUT2D eigenvalue weighted by molar-refractivity contribution is 0.0923. The number of halogens is 1. The summed E-state index contributed by atoms with van der Waals surface area (Å²) >= 11 is 0. The third-order valence-electron chi connectivity index (χ3n) is 7.78. The number of benzene rings is 2. The van der Waals surface area contributed by atoms with Gasteiger partial charge in [0.1, 0.15) is 11.5 Å². The number of ether oxygens (including phenoxy) is 2. The molecule has 2 amide bonds. The SMILES string of the molecule is COCCN(C(=O)NCC1CCCCC1)C1CCN(Cc2ccc(Oc3ccc(NS(C)(=O)=O)cc3)cc2)CC1.Cl. The van der Waals surface area contributed by atoms with Crippen molar-refractivity contribution in [3.63, 3.8) is 0 Å². The summed E-state index contributed by atoms with van der Waals surface area (Å²) < 4.78 is 36.4. The van der Waals surface area contributed by atoms with Crippen molar-refractivity contribution in [3.05, 3.63) is 54.1 Å². The average Bonchev–Trinajstić information content (AvgIpc) is 2.95. The molecule has 9 nitrogen and oxygen atoms in total. The summed E-state index contributed by atoms with van der Waals surface area (Å²) in [7, 11) is -1.62. The molecule has 1 aliphatic heterocycles. The standard InChI is InChI=1S/C30H44N4O5S.ClH/c1-38-21-20-34(30(35)31-22-24-6-4-3-5-7-24)27-16-18-33(19-17-27)23-25-8-12-28(13-9-25)39-29-14-10-26(11-15-29)32-40(2,36)37;/h8-15,24,27,32H,3-7,16-23H2,1-2H3,(H,31,35);1H. The number of urea groups is 1. The van der Waals surface area contributed by atoms with Crippen LogP contribution in [0.3, 0.4) is 0 Å². The molecule has 4 rings (SSSR count). The largest absolute Gasteiger partial charge is 0.457 e. The molecule has 0 unspecified atom stereocenters. The summed E-state index contributed by atoms with van der Waals surface area (Å²) in [6, 6.07) is 15.1. The molecule has 0 spiro atoms. The highest BCUT2D eigenvalue weighted by Gasteiger charge is 2.28. The number of amides is 2.